The Balaban J connectivity index is 2.58. The number of likely N-dealkylation sites (N-methyl/N-ethyl adjacent to an activating group) is 1. The molecule has 0 heterocycles. The Hall–Kier alpha value is -1.47. The van der Waals surface area contributed by atoms with Gasteiger partial charge in [0.25, 0.3) is 7.82 Å². The molecule has 0 saturated heterocycles. The van der Waals surface area contributed by atoms with Crippen molar-refractivity contribution in [2.45, 2.75) is 198 Å². The molecule has 340 valence electrons. The molecule has 1 unspecified atom stereocenters. The van der Waals surface area contributed by atoms with Crippen molar-refractivity contribution in [3.63, 3.8) is 0 Å². The summed E-state index contributed by atoms with van der Waals surface area (Å²) in [4.78, 5) is 38.4. The van der Waals surface area contributed by atoms with Gasteiger partial charge in [-0.05, 0) is 32.1 Å². The van der Waals surface area contributed by atoms with E-state index >= 15 is 0 Å². The molecule has 1 fully saturated rings. The van der Waals surface area contributed by atoms with E-state index in [0.717, 1.165) is 38.5 Å². The van der Waals surface area contributed by atoms with Gasteiger partial charge in [-0.1, -0.05) is 134 Å². The van der Waals surface area contributed by atoms with Crippen LogP contribution in [-0.4, -0.2) is 108 Å². The third kappa shape index (κ3) is 28.1. The zero-order valence-corrected chi connectivity index (χ0v) is 38.0. The van der Waals surface area contributed by atoms with Crippen LogP contribution >= 0.6 is 7.82 Å². The fourth-order valence-electron chi connectivity index (χ4n) is 7.38. The van der Waals surface area contributed by atoms with Gasteiger partial charge in [0.05, 0.1) is 58.2 Å². The second kappa shape index (κ2) is 32.3. The van der Waals surface area contributed by atoms with E-state index in [2.05, 4.69) is 19.2 Å². The minimum atomic E-state index is -4.69. The van der Waals surface area contributed by atoms with Crippen molar-refractivity contribution >= 4 is 19.5 Å². The number of nitrogens with zero attached hydrogens (tertiary/aromatic N) is 1. The number of nitrogens with one attached hydrogen (secondary N) is 1. The number of aliphatic hydroxyl groups is 4. The van der Waals surface area contributed by atoms with E-state index in [9.17, 15) is 39.5 Å². The van der Waals surface area contributed by atoms with Crippen molar-refractivity contribution in [2.75, 3.05) is 40.9 Å². The summed E-state index contributed by atoms with van der Waals surface area (Å²) >= 11 is 0. The summed E-state index contributed by atoms with van der Waals surface area (Å²) in [6.07, 6.45) is 25.5. The molecule has 13 heteroatoms. The first kappa shape index (κ1) is 54.5. The molecule has 58 heavy (non-hydrogen) atoms. The van der Waals surface area contributed by atoms with Gasteiger partial charge in [0.1, 0.15) is 18.9 Å². The van der Waals surface area contributed by atoms with Crippen LogP contribution in [0.15, 0.2) is 24.3 Å². The number of ketones is 1. The van der Waals surface area contributed by atoms with Crippen LogP contribution in [0.25, 0.3) is 0 Å². The first-order valence-electron chi connectivity index (χ1n) is 22.9. The molecular formula is C45H85N2O10P. The minimum Gasteiger partial charge on any atom is -0.756 e. The number of carbonyl (C=O) groups excluding carboxylic acids is 2. The van der Waals surface area contributed by atoms with Gasteiger partial charge in [0, 0.05) is 37.5 Å². The van der Waals surface area contributed by atoms with E-state index in [1.165, 1.54) is 70.6 Å². The Morgan fingerprint density at radius 3 is 1.97 bits per heavy atom. The number of phosphoric ester groups is 1. The summed E-state index contributed by atoms with van der Waals surface area (Å²) in [5.41, 5.74) is 0. The van der Waals surface area contributed by atoms with Gasteiger partial charge in [-0.3, -0.25) is 14.2 Å². The molecule has 1 saturated carbocycles. The van der Waals surface area contributed by atoms with Crippen LogP contribution in [0.4, 0.5) is 0 Å². The van der Waals surface area contributed by atoms with Gasteiger partial charge >= 0.3 is 0 Å². The summed E-state index contributed by atoms with van der Waals surface area (Å²) in [6, 6.07) is -1.04. The van der Waals surface area contributed by atoms with Crippen LogP contribution in [0.1, 0.15) is 168 Å². The molecular weight excluding hydrogens is 759 g/mol. The highest BCUT2D eigenvalue weighted by Crippen LogP contribution is 2.39. The normalized spacial score (nSPS) is 21.4. The number of unbranched alkanes of at least 4 members (excludes halogenated alkanes) is 16. The van der Waals surface area contributed by atoms with E-state index in [-0.39, 0.29) is 38.1 Å². The van der Waals surface area contributed by atoms with Crippen LogP contribution < -0.4 is 10.2 Å². The summed E-state index contributed by atoms with van der Waals surface area (Å²) in [5.74, 6) is -1.36. The van der Waals surface area contributed by atoms with E-state index < -0.39 is 62.6 Å². The van der Waals surface area contributed by atoms with E-state index in [1.807, 2.05) is 27.2 Å². The Kier molecular flexibility index (Phi) is 30.4. The molecule has 0 radical (unpaired) electrons. The zero-order valence-electron chi connectivity index (χ0n) is 37.1. The molecule has 0 aromatic rings. The van der Waals surface area contributed by atoms with Crippen LogP contribution in [0.5, 0.6) is 0 Å². The fourth-order valence-corrected chi connectivity index (χ4v) is 8.11. The maximum Gasteiger partial charge on any atom is 0.268 e. The molecule has 8 atom stereocenters. The monoisotopic (exact) mass is 845 g/mol. The second-order valence-electron chi connectivity index (χ2n) is 17.7. The number of allylic oxidation sites excluding steroid dienone is 1. The number of amides is 1. The predicted octanol–water partition coefficient (Wildman–Crippen LogP) is 7.45. The number of hydrogen-bond donors (Lipinski definition) is 5. The van der Waals surface area contributed by atoms with Crippen LogP contribution in [0.3, 0.4) is 0 Å². The highest BCUT2D eigenvalue weighted by atomic mass is 31.2. The minimum absolute atomic E-state index is 0.0558. The van der Waals surface area contributed by atoms with Crippen molar-refractivity contribution in [1.29, 1.82) is 0 Å². The van der Waals surface area contributed by atoms with E-state index in [4.69, 9.17) is 9.05 Å². The summed E-state index contributed by atoms with van der Waals surface area (Å²) in [6.45, 7) is 4.21. The lowest BCUT2D eigenvalue weighted by molar-refractivity contribution is -0.870. The number of Topliss-reactive ketones (excluding diaryl/α,β-unsaturated/α-hetero) is 1. The third-order valence-corrected chi connectivity index (χ3v) is 12.1. The Labute approximate surface area is 352 Å². The molecule has 0 aliphatic heterocycles. The lowest BCUT2D eigenvalue weighted by Gasteiger charge is -2.29. The lowest BCUT2D eigenvalue weighted by atomic mass is 9.87. The molecule has 1 rings (SSSR count). The van der Waals surface area contributed by atoms with Crippen LogP contribution in [-0.2, 0) is 23.2 Å². The van der Waals surface area contributed by atoms with Gasteiger partial charge in [-0.25, -0.2) is 0 Å². The number of aliphatic hydroxyl groups excluding tert-OH is 4. The van der Waals surface area contributed by atoms with Gasteiger partial charge in [0.2, 0.25) is 5.91 Å². The first-order valence-corrected chi connectivity index (χ1v) is 24.3. The van der Waals surface area contributed by atoms with Crippen molar-refractivity contribution in [3.05, 3.63) is 24.3 Å². The molecule has 0 spiro atoms. The topological polar surface area (TPSA) is 186 Å². The van der Waals surface area contributed by atoms with Gasteiger partial charge in [0.15, 0.2) is 0 Å². The summed E-state index contributed by atoms with van der Waals surface area (Å²) in [7, 11) is 1.03. The molecule has 1 amide bonds. The molecule has 1 aliphatic carbocycles. The van der Waals surface area contributed by atoms with Gasteiger partial charge < -0.3 is 44.2 Å². The molecule has 12 nitrogen and oxygen atoms in total. The molecule has 0 bridgehead atoms. The Morgan fingerprint density at radius 2 is 1.36 bits per heavy atom. The number of rotatable bonds is 37. The van der Waals surface area contributed by atoms with Gasteiger partial charge in [-0.15, -0.1) is 0 Å². The number of phosphoric acid groups is 1. The van der Waals surface area contributed by atoms with Crippen LogP contribution in [0.2, 0.25) is 0 Å². The zero-order chi connectivity index (χ0) is 43.2. The first-order chi connectivity index (χ1) is 27.6. The largest absolute Gasteiger partial charge is 0.756 e. The van der Waals surface area contributed by atoms with Crippen LogP contribution in [0, 0.1) is 11.8 Å². The van der Waals surface area contributed by atoms with Crippen molar-refractivity contribution in [3.8, 4) is 0 Å². The second-order valence-corrected chi connectivity index (χ2v) is 19.1. The number of quaternary nitrogens is 1. The Bertz CT molecular complexity index is 1180. The van der Waals surface area contributed by atoms with Gasteiger partial charge in [-0.2, -0.15) is 0 Å². The number of hydrogen-bond acceptors (Lipinski definition) is 10. The molecule has 0 aromatic carbocycles. The quantitative estimate of drug-likeness (QED) is 0.0182. The predicted molar refractivity (Wildman–Crippen MR) is 231 cm³/mol. The average Bonchev–Trinajstić information content (AvgIpc) is 3.42. The van der Waals surface area contributed by atoms with E-state index in [1.54, 1.807) is 18.2 Å². The maximum absolute atomic E-state index is 13.0. The molecule has 1 aliphatic rings. The summed E-state index contributed by atoms with van der Waals surface area (Å²) < 4.78 is 23.1. The Morgan fingerprint density at radius 1 is 0.793 bits per heavy atom. The molecule has 0 aromatic heterocycles. The third-order valence-electron chi connectivity index (χ3n) is 11.1. The summed E-state index contributed by atoms with van der Waals surface area (Å²) in [5, 5.41) is 45.1. The number of carbonyl (C=O) groups is 2. The maximum atomic E-state index is 13.0. The van der Waals surface area contributed by atoms with Crippen molar-refractivity contribution in [2.24, 2.45) is 11.8 Å². The van der Waals surface area contributed by atoms with E-state index in [0.29, 0.717) is 30.3 Å². The molecule has 5 N–H and O–H groups in total. The standard InChI is InChI=1S/C45H85N2O10P/c1-6-8-10-11-12-13-14-15-16-17-18-19-20-21-23-28-42(50)41(36-57-58(54,55)56-33-32-47(3,4)5)46-45(53)29-25-24-27-38(49)34-40-39(43(51)35-44(40)52)31-30-37(48)26-22-9-7-2/h23,28,30-31,37,39-44,48,50-52H,6-22,24-27,29,32-36H2,1-5H3,(H-,46,53,54,55)/b28-23+,31-30+/t37-,39+,40+,41-,42+,43+,44-/m0/s1. The highest BCUT2D eigenvalue weighted by molar-refractivity contribution is 7.45. The highest BCUT2D eigenvalue weighted by Gasteiger charge is 2.41. The fraction of sp³-hybridized carbons (Fsp3) is 0.867. The SMILES string of the molecule is CCCCCCCCCCCCCCC/C=C/[C@@H](O)[C@H](COP(=O)([O-])OCC[N+](C)(C)C)NC(=O)CCCCC(=O)C[C@@H]1[C@@H](/C=C/[C@@H](O)CCCCC)[C@H](O)C[C@@H]1O. The average molecular weight is 845 g/mol. The van der Waals surface area contributed by atoms with Crippen molar-refractivity contribution < 1.29 is 53.0 Å². The van der Waals surface area contributed by atoms with Crippen molar-refractivity contribution in [1.82, 2.24) is 5.32 Å². The lowest BCUT2D eigenvalue weighted by Crippen LogP contribution is -2.45. The smallest absolute Gasteiger partial charge is 0.268 e.